The Balaban J connectivity index is 2.06. The maximum absolute atomic E-state index is 13.3. The Morgan fingerprint density at radius 1 is 0.647 bits per heavy atom. The Kier molecular flexibility index (Phi) is 4.37. The largest absolute Gasteiger partial charge is 0.392 e. The number of hydrogen-bond donors (Lipinski definition) is 0. The third kappa shape index (κ3) is 3.38. The lowest BCUT2D eigenvalue weighted by atomic mass is 9.69. The van der Waals surface area contributed by atoms with Gasteiger partial charge in [-0.05, 0) is 37.5 Å². The van der Waals surface area contributed by atoms with Crippen LogP contribution in [0.5, 0.6) is 0 Å². The predicted octanol–water partition coefficient (Wildman–Crippen LogP) is 5.33. The Morgan fingerprint density at radius 2 is 1.00 bits per heavy atom. The molecule has 2 fully saturated rings. The predicted molar refractivity (Wildman–Crippen MR) is 62.7 cm³/mol. The summed E-state index contributed by atoms with van der Waals surface area (Å²) >= 11 is 0. The van der Waals surface area contributed by atoms with Gasteiger partial charge in [0.05, 0.1) is 5.92 Å². The van der Waals surface area contributed by atoms with Crippen LogP contribution < -0.4 is 0 Å². The van der Waals surface area contributed by atoms with E-state index in [0.717, 1.165) is 64.2 Å². The molecule has 0 radical (unpaired) electrons. The summed E-state index contributed by atoms with van der Waals surface area (Å²) in [5.41, 5.74) is 0. The van der Waals surface area contributed by atoms with E-state index in [9.17, 15) is 13.2 Å². The van der Waals surface area contributed by atoms with Gasteiger partial charge in [0.15, 0.2) is 0 Å². The van der Waals surface area contributed by atoms with Gasteiger partial charge in [0.25, 0.3) is 0 Å². The first-order valence-corrected chi connectivity index (χ1v) is 7.16. The molecule has 2 saturated carbocycles. The lowest BCUT2D eigenvalue weighted by Crippen LogP contribution is -2.38. The van der Waals surface area contributed by atoms with Gasteiger partial charge in [-0.3, -0.25) is 0 Å². The van der Waals surface area contributed by atoms with E-state index >= 15 is 0 Å². The Bertz CT molecular complexity index is 204. The lowest BCUT2D eigenvalue weighted by Gasteiger charge is -2.38. The fourth-order valence-corrected chi connectivity index (χ4v) is 3.91. The molecule has 0 nitrogen and oxygen atoms in total. The van der Waals surface area contributed by atoms with Crippen molar-refractivity contribution in [2.24, 2.45) is 17.8 Å². The van der Waals surface area contributed by atoms with E-state index in [1.165, 1.54) is 0 Å². The zero-order valence-corrected chi connectivity index (χ0v) is 10.4. The Labute approximate surface area is 102 Å². The van der Waals surface area contributed by atoms with Crippen molar-refractivity contribution in [1.29, 1.82) is 0 Å². The molecular formula is C14H23F3. The van der Waals surface area contributed by atoms with Crippen LogP contribution >= 0.6 is 0 Å². The molecule has 2 aliphatic carbocycles. The normalized spacial score (nSPS) is 25.4. The van der Waals surface area contributed by atoms with Crippen molar-refractivity contribution in [2.75, 3.05) is 0 Å². The van der Waals surface area contributed by atoms with Crippen LogP contribution in [0.3, 0.4) is 0 Å². The molecule has 0 spiro atoms. The summed E-state index contributed by atoms with van der Waals surface area (Å²) in [6.07, 6.45) is 5.53. The Hall–Kier alpha value is -0.210. The summed E-state index contributed by atoms with van der Waals surface area (Å²) in [5, 5.41) is 0. The van der Waals surface area contributed by atoms with Gasteiger partial charge in [0.1, 0.15) is 0 Å². The summed E-state index contributed by atoms with van der Waals surface area (Å²) in [4.78, 5) is 0. The molecule has 0 aromatic heterocycles. The molecule has 0 amide bonds. The van der Waals surface area contributed by atoms with Crippen molar-refractivity contribution in [3.63, 3.8) is 0 Å². The fourth-order valence-electron chi connectivity index (χ4n) is 3.91. The van der Waals surface area contributed by atoms with Crippen LogP contribution in [0, 0.1) is 17.8 Å². The summed E-state index contributed by atoms with van der Waals surface area (Å²) in [6.45, 7) is 0. The van der Waals surface area contributed by atoms with E-state index in [1.54, 1.807) is 0 Å². The third-order valence-corrected chi connectivity index (χ3v) is 4.69. The molecule has 100 valence electrons. The smallest absolute Gasteiger partial charge is 0.171 e. The standard InChI is InChI=1S/C14H23F3/c15-14(16,17)13(11-7-3-1-4-8-11)12-9-5-2-6-10-12/h11-13H,1-10H2. The molecule has 0 aromatic rings. The average Bonchev–Trinajstić information content (AvgIpc) is 2.30. The molecule has 0 bridgehead atoms. The van der Waals surface area contributed by atoms with Gasteiger partial charge in [0.2, 0.25) is 0 Å². The van der Waals surface area contributed by atoms with Crippen molar-refractivity contribution < 1.29 is 13.2 Å². The molecule has 3 heteroatoms. The van der Waals surface area contributed by atoms with Crippen LogP contribution in [-0.4, -0.2) is 6.18 Å². The van der Waals surface area contributed by atoms with Gasteiger partial charge in [0, 0.05) is 0 Å². The highest BCUT2D eigenvalue weighted by Gasteiger charge is 2.48. The van der Waals surface area contributed by atoms with Crippen LogP contribution in [0.15, 0.2) is 0 Å². The van der Waals surface area contributed by atoms with Crippen molar-refractivity contribution in [3.05, 3.63) is 0 Å². The molecule has 0 aromatic carbocycles. The number of halogens is 3. The van der Waals surface area contributed by atoms with Gasteiger partial charge in [-0.1, -0.05) is 38.5 Å². The first kappa shape index (κ1) is 13.2. The summed E-state index contributed by atoms with van der Waals surface area (Å²) in [7, 11) is 0. The second-order valence-electron chi connectivity index (χ2n) is 5.86. The van der Waals surface area contributed by atoms with Crippen LogP contribution in [0.1, 0.15) is 64.2 Å². The third-order valence-electron chi connectivity index (χ3n) is 4.69. The van der Waals surface area contributed by atoms with Gasteiger partial charge in [-0.2, -0.15) is 13.2 Å². The first-order valence-electron chi connectivity index (χ1n) is 7.16. The van der Waals surface area contributed by atoms with Gasteiger partial charge < -0.3 is 0 Å². The van der Waals surface area contributed by atoms with Crippen LogP contribution in [0.2, 0.25) is 0 Å². The highest BCUT2D eigenvalue weighted by atomic mass is 19.4. The molecule has 0 unspecified atom stereocenters. The highest BCUT2D eigenvalue weighted by molar-refractivity contribution is 4.85. The first-order chi connectivity index (χ1) is 8.09. The van der Waals surface area contributed by atoms with Crippen LogP contribution in [0.4, 0.5) is 13.2 Å². The van der Waals surface area contributed by atoms with Crippen molar-refractivity contribution >= 4 is 0 Å². The van der Waals surface area contributed by atoms with Crippen molar-refractivity contribution in [2.45, 2.75) is 70.4 Å². The molecule has 17 heavy (non-hydrogen) atoms. The fraction of sp³-hybridized carbons (Fsp3) is 1.00. The molecule has 2 rings (SSSR count). The zero-order chi connectivity index (χ0) is 12.3. The zero-order valence-electron chi connectivity index (χ0n) is 10.4. The lowest BCUT2D eigenvalue weighted by molar-refractivity contribution is -0.210. The minimum absolute atomic E-state index is 0.0770. The van der Waals surface area contributed by atoms with E-state index in [-0.39, 0.29) is 11.8 Å². The number of rotatable bonds is 2. The minimum Gasteiger partial charge on any atom is -0.171 e. The van der Waals surface area contributed by atoms with Gasteiger partial charge in [-0.15, -0.1) is 0 Å². The summed E-state index contributed by atoms with van der Waals surface area (Å²) in [5.74, 6) is -1.15. The topological polar surface area (TPSA) is 0 Å². The number of hydrogen-bond acceptors (Lipinski definition) is 0. The molecule has 0 aliphatic heterocycles. The van der Waals surface area contributed by atoms with E-state index < -0.39 is 12.1 Å². The van der Waals surface area contributed by atoms with Gasteiger partial charge >= 0.3 is 6.18 Å². The van der Waals surface area contributed by atoms with E-state index in [4.69, 9.17) is 0 Å². The average molecular weight is 248 g/mol. The Morgan fingerprint density at radius 3 is 1.29 bits per heavy atom. The van der Waals surface area contributed by atoms with Crippen LogP contribution in [-0.2, 0) is 0 Å². The van der Waals surface area contributed by atoms with E-state index in [0.29, 0.717) is 0 Å². The monoisotopic (exact) mass is 248 g/mol. The van der Waals surface area contributed by atoms with E-state index in [2.05, 4.69) is 0 Å². The maximum Gasteiger partial charge on any atom is 0.392 e. The number of alkyl halides is 3. The quantitative estimate of drug-likeness (QED) is 0.620. The minimum atomic E-state index is -3.97. The molecule has 0 saturated heterocycles. The molecule has 0 heterocycles. The SMILES string of the molecule is FC(F)(F)C(C1CCCCC1)C1CCCCC1. The second kappa shape index (κ2) is 5.62. The maximum atomic E-state index is 13.3. The second-order valence-corrected chi connectivity index (χ2v) is 5.86. The van der Waals surface area contributed by atoms with Crippen LogP contribution in [0.25, 0.3) is 0 Å². The molecule has 2 aliphatic rings. The van der Waals surface area contributed by atoms with E-state index in [1.807, 2.05) is 0 Å². The molecular weight excluding hydrogens is 225 g/mol. The van der Waals surface area contributed by atoms with Crippen molar-refractivity contribution in [1.82, 2.24) is 0 Å². The summed E-state index contributed by atoms with van der Waals surface area (Å²) < 4.78 is 39.9. The molecule has 0 N–H and O–H groups in total. The summed E-state index contributed by atoms with van der Waals surface area (Å²) in [6, 6.07) is 0. The van der Waals surface area contributed by atoms with Gasteiger partial charge in [-0.25, -0.2) is 0 Å². The highest BCUT2D eigenvalue weighted by Crippen LogP contribution is 2.47. The molecule has 0 atom stereocenters. The van der Waals surface area contributed by atoms with Crippen molar-refractivity contribution in [3.8, 4) is 0 Å².